The van der Waals surface area contributed by atoms with E-state index in [2.05, 4.69) is 35.4 Å². The summed E-state index contributed by atoms with van der Waals surface area (Å²) in [6.07, 6.45) is 1.85. The van der Waals surface area contributed by atoms with Crippen LogP contribution in [0.25, 0.3) is 11.0 Å². The lowest BCUT2D eigenvalue weighted by atomic mass is 10.3. The molecule has 1 aliphatic heterocycles. The summed E-state index contributed by atoms with van der Waals surface area (Å²) < 4.78 is 2.20. The highest BCUT2D eigenvalue weighted by atomic mass is 32.1. The van der Waals surface area contributed by atoms with Crippen LogP contribution in [0.1, 0.15) is 5.82 Å². The lowest BCUT2D eigenvalue weighted by Gasteiger charge is -2.35. The summed E-state index contributed by atoms with van der Waals surface area (Å²) in [7, 11) is 0. The minimum atomic E-state index is 0.630. The van der Waals surface area contributed by atoms with Gasteiger partial charge in [0, 0.05) is 44.3 Å². The monoisotopic (exact) mass is 369 g/mol. The number of aliphatic imine (C=N–C) groups is 1. The van der Waals surface area contributed by atoms with Crippen LogP contribution in [0.5, 0.6) is 0 Å². The standard InChI is InChI=1S/C18H23N7S/c1-14-22-15-4-2-3-5-16(15)25(14)8-6-20-17(19)23-9-11-24(12-10-23)18-21-7-13-26-18/h2-5,7,13H,6,8-12H2,1H3,(H2,19,20). The molecular weight excluding hydrogens is 346 g/mol. The molecule has 0 radical (unpaired) electrons. The third-order valence-corrected chi connectivity index (χ3v) is 5.57. The molecule has 0 amide bonds. The number of aryl methyl sites for hydroxylation is 1. The van der Waals surface area contributed by atoms with Crippen LogP contribution in [-0.2, 0) is 6.54 Å². The van der Waals surface area contributed by atoms with E-state index >= 15 is 0 Å². The van der Waals surface area contributed by atoms with Gasteiger partial charge in [-0.1, -0.05) is 12.1 Å². The number of para-hydroxylation sites is 2. The first-order valence-corrected chi connectivity index (χ1v) is 9.71. The summed E-state index contributed by atoms with van der Waals surface area (Å²) in [5.74, 6) is 1.64. The van der Waals surface area contributed by atoms with Gasteiger partial charge in [0.1, 0.15) is 5.82 Å². The van der Waals surface area contributed by atoms with Crippen molar-refractivity contribution in [3.8, 4) is 0 Å². The number of benzene rings is 1. The second-order valence-corrected chi connectivity index (χ2v) is 7.20. The van der Waals surface area contributed by atoms with Crippen molar-refractivity contribution in [1.82, 2.24) is 19.4 Å². The Morgan fingerprint density at radius 3 is 2.81 bits per heavy atom. The Hall–Kier alpha value is -2.61. The van der Waals surface area contributed by atoms with Crippen LogP contribution < -0.4 is 10.6 Å². The van der Waals surface area contributed by atoms with Gasteiger partial charge in [-0.15, -0.1) is 11.3 Å². The quantitative estimate of drug-likeness (QED) is 0.562. The van der Waals surface area contributed by atoms with Gasteiger partial charge < -0.3 is 20.1 Å². The van der Waals surface area contributed by atoms with Gasteiger partial charge >= 0.3 is 0 Å². The number of nitrogens with two attached hydrogens (primary N) is 1. The fourth-order valence-corrected chi connectivity index (χ4v) is 4.04. The van der Waals surface area contributed by atoms with Crippen LogP contribution in [0.4, 0.5) is 5.13 Å². The van der Waals surface area contributed by atoms with Crippen molar-refractivity contribution in [2.45, 2.75) is 13.5 Å². The van der Waals surface area contributed by atoms with E-state index in [9.17, 15) is 0 Å². The van der Waals surface area contributed by atoms with E-state index in [-0.39, 0.29) is 0 Å². The third kappa shape index (κ3) is 3.37. The molecule has 0 saturated carbocycles. The molecule has 1 saturated heterocycles. The number of guanidine groups is 1. The number of imidazole rings is 1. The maximum atomic E-state index is 6.22. The van der Waals surface area contributed by atoms with Gasteiger partial charge in [-0.05, 0) is 19.1 Å². The highest BCUT2D eigenvalue weighted by Crippen LogP contribution is 2.19. The summed E-state index contributed by atoms with van der Waals surface area (Å²) >= 11 is 1.68. The molecule has 1 aromatic carbocycles. The fourth-order valence-electron chi connectivity index (χ4n) is 3.34. The van der Waals surface area contributed by atoms with Gasteiger partial charge in [-0.2, -0.15) is 0 Å². The molecule has 7 nitrogen and oxygen atoms in total. The summed E-state index contributed by atoms with van der Waals surface area (Å²) in [6, 6.07) is 8.19. The van der Waals surface area contributed by atoms with E-state index in [0.717, 1.165) is 54.7 Å². The van der Waals surface area contributed by atoms with Gasteiger partial charge in [-0.3, -0.25) is 4.99 Å². The average Bonchev–Trinajstić information content (AvgIpc) is 3.30. The van der Waals surface area contributed by atoms with Crippen LogP contribution in [0.3, 0.4) is 0 Å². The van der Waals surface area contributed by atoms with E-state index in [1.54, 1.807) is 11.3 Å². The van der Waals surface area contributed by atoms with Crippen molar-refractivity contribution in [3.63, 3.8) is 0 Å². The first-order valence-electron chi connectivity index (χ1n) is 8.83. The molecule has 0 aliphatic carbocycles. The first kappa shape index (κ1) is 16.8. The molecule has 26 heavy (non-hydrogen) atoms. The normalized spacial score (nSPS) is 15.8. The van der Waals surface area contributed by atoms with E-state index in [1.165, 1.54) is 0 Å². The molecule has 3 aromatic rings. The lowest BCUT2D eigenvalue weighted by Crippen LogP contribution is -2.51. The number of hydrogen-bond acceptors (Lipinski definition) is 5. The molecule has 136 valence electrons. The number of hydrogen-bond donors (Lipinski definition) is 1. The molecule has 0 unspecified atom stereocenters. The van der Waals surface area contributed by atoms with Crippen molar-refractivity contribution < 1.29 is 0 Å². The van der Waals surface area contributed by atoms with E-state index < -0.39 is 0 Å². The van der Waals surface area contributed by atoms with Gasteiger partial charge in [0.25, 0.3) is 0 Å². The van der Waals surface area contributed by atoms with Gasteiger partial charge in [-0.25, -0.2) is 9.97 Å². The Kier molecular flexibility index (Phi) is 4.75. The van der Waals surface area contributed by atoms with Crippen LogP contribution in [0.2, 0.25) is 0 Å². The fraction of sp³-hybridized carbons (Fsp3) is 0.389. The van der Waals surface area contributed by atoms with Crippen LogP contribution in [0, 0.1) is 6.92 Å². The molecular formula is C18H23N7S. The highest BCUT2D eigenvalue weighted by Gasteiger charge is 2.19. The van der Waals surface area contributed by atoms with Crippen LogP contribution in [0.15, 0.2) is 40.8 Å². The summed E-state index contributed by atoms with van der Waals surface area (Å²) in [5, 5.41) is 3.10. The summed E-state index contributed by atoms with van der Waals surface area (Å²) in [4.78, 5) is 18.0. The second-order valence-electron chi connectivity index (χ2n) is 6.33. The number of anilines is 1. The molecule has 8 heteroatoms. The minimum Gasteiger partial charge on any atom is -0.370 e. The van der Waals surface area contributed by atoms with Crippen molar-refractivity contribution in [3.05, 3.63) is 41.7 Å². The molecule has 3 heterocycles. The average molecular weight is 369 g/mol. The second kappa shape index (κ2) is 7.33. The number of fused-ring (bicyclic) bond motifs is 1. The predicted molar refractivity (Wildman–Crippen MR) is 107 cm³/mol. The summed E-state index contributed by atoms with van der Waals surface area (Å²) in [5.41, 5.74) is 8.40. The predicted octanol–water partition coefficient (Wildman–Crippen LogP) is 1.94. The van der Waals surface area contributed by atoms with Gasteiger partial charge in [0.15, 0.2) is 11.1 Å². The maximum absolute atomic E-state index is 6.22. The number of thiazole rings is 1. The van der Waals surface area contributed by atoms with E-state index in [0.29, 0.717) is 12.5 Å². The van der Waals surface area contributed by atoms with Crippen molar-refractivity contribution in [1.29, 1.82) is 0 Å². The molecule has 0 atom stereocenters. The molecule has 2 aromatic heterocycles. The third-order valence-electron chi connectivity index (χ3n) is 4.74. The SMILES string of the molecule is Cc1nc2ccccc2n1CCN=C(N)N1CCN(c2nccs2)CC1. The Morgan fingerprint density at radius 1 is 1.23 bits per heavy atom. The van der Waals surface area contributed by atoms with Gasteiger partial charge in [0.05, 0.1) is 17.6 Å². The molecule has 2 N–H and O–H groups in total. The zero-order valence-electron chi connectivity index (χ0n) is 14.9. The molecule has 0 spiro atoms. The lowest BCUT2D eigenvalue weighted by molar-refractivity contribution is 0.380. The number of aromatic nitrogens is 3. The zero-order chi connectivity index (χ0) is 17.9. The molecule has 0 bridgehead atoms. The number of rotatable bonds is 4. The van der Waals surface area contributed by atoms with E-state index in [4.69, 9.17) is 5.73 Å². The zero-order valence-corrected chi connectivity index (χ0v) is 15.7. The number of nitrogens with zero attached hydrogens (tertiary/aromatic N) is 6. The summed E-state index contributed by atoms with van der Waals surface area (Å²) in [6.45, 7) is 7.07. The Bertz CT molecular complexity index is 892. The number of piperazine rings is 1. The largest absolute Gasteiger partial charge is 0.370 e. The van der Waals surface area contributed by atoms with Crippen LogP contribution >= 0.6 is 11.3 Å². The Morgan fingerprint density at radius 2 is 2.04 bits per heavy atom. The van der Waals surface area contributed by atoms with Crippen molar-refractivity contribution in [2.75, 3.05) is 37.6 Å². The highest BCUT2D eigenvalue weighted by molar-refractivity contribution is 7.13. The van der Waals surface area contributed by atoms with E-state index in [1.807, 2.05) is 36.7 Å². The maximum Gasteiger partial charge on any atom is 0.191 e. The van der Waals surface area contributed by atoms with Crippen molar-refractivity contribution >= 4 is 33.5 Å². The smallest absolute Gasteiger partial charge is 0.191 e. The van der Waals surface area contributed by atoms with Crippen LogP contribution in [-0.4, -0.2) is 58.1 Å². The molecule has 1 fully saturated rings. The molecule has 1 aliphatic rings. The topological polar surface area (TPSA) is 75.6 Å². The Balaban J connectivity index is 1.35. The minimum absolute atomic E-state index is 0.630. The molecule has 4 rings (SSSR count). The first-order chi connectivity index (χ1) is 12.7. The van der Waals surface area contributed by atoms with Gasteiger partial charge in [0.2, 0.25) is 0 Å². The van der Waals surface area contributed by atoms with Crippen molar-refractivity contribution in [2.24, 2.45) is 10.7 Å². The Labute approximate surface area is 156 Å².